The second-order valence-corrected chi connectivity index (χ2v) is 7.89. The number of hydrogen-bond donors (Lipinski definition) is 0. The molecule has 3 aromatic rings. The number of nitrogens with zero attached hydrogens (tertiary/aromatic N) is 3. The van der Waals surface area contributed by atoms with Crippen LogP contribution in [0, 0.1) is 5.82 Å². The minimum absolute atomic E-state index is 0.0436. The lowest BCUT2D eigenvalue weighted by Gasteiger charge is -2.15. The van der Waals surface area contributed by atoms with E-state index in [2.05, 4.69) is 9.97 Å². The van der Waals surface area contributed by atoms with Crippen molar-refractivity contribution in [3.05, 3.63) is 42.5 Å². The summed E-state index contributed by atoms with van der Waals surface area (Å²) < 4.78 is 14.0. The Labute approximate surface area is 147 Å². The molecule has 1 aromatic carbocycles. The van der Waals surface area contributed by atoms with Crippen molar-refractivity contribution < 1.29 is 9.18 Å². The van der Waals surface area contributed by atoms with Gasteiger partial charge in [0, 0.05) is 19.0 Å². The second-order valence-electron chi connectivity index (χ2n) is 5.50. The highest BCUT2D eigenvalue weighted by atomic mass is 32.2. The standard InChI is InChI=1S/C17H16FN3OS2/c1-10(17(22)21(2)3)23-16-15-13(19-9-20-16)8-14(24-15)11-4-6-12(18)7-5-11/h4-10H,1-3H3. The van der Waals surface area contributed by atoms with E-state index in [9.17, 15) is 9.18 Å². The van der Waals surface area contributed by atoms with Crippen LogP contribution in [0.25, 0.3) is 20.7 Å². The molecule has 0 aliphatic rings. The number of amides is 1. The molecule has 0 saturated heterocycles. The normalized spacial score (nSPS) is 12.3. The van der Waals surface area contributed by atoms with Gasteiger partial charge in [0.1, 0.15) is 17.2 Å². The van der Waals surface area contributed by atoms with Gasteiger partial charge in [-0.15, -0.1) is 11.3 Å². The van der Waals surface area contributed by atoms with Crippen LogP contribution < -0.4 is 0 Å². The molecule has 7 heteroatoms. The summed E-state index contributed by atoms with van der Waals surface area (Å²) in [5, 5.41) is 0.565. The van der Waals surface area contributed by atoms with Gasteiger partial charge in [0.25, 0.3) is 0 Å². The van der Waals surface area contributed by atoms with E-state index in [1.165, 1.54) is 30.2 Å². The van der Waals surface area contributed by atoms with Crippen LogP contribution in [0.5, 0.6) is 0 Å². The fraction of sp³-hybridized carbons (Fsp3) is 0.235. The van der Waals surface area contributed by atoms with E-state index in [0.29, 0.717) is 0 Å². The maximum absolute atomic E-state index is 13.1. The molecule has 1 atom stereocenters. The van der Waals surface area contributed by atoms with E-state index in [-0.39, 0.29) is 17.0 Å². The van der Waals surface area contributed by atoms with Crippen LogP contribution in [0.4, 0.5) is 4.39 Å². The Morgan fingerprint density at radius 2 is 1.96 bits per heavy atom. The van der Waals surface area contributed by atoms with Crippen LogP contribution in [0.15, 0.2) is 41.7 Å². The van der Waals surface area contributed by atoms with Crippen molar-refractivity contribution in [2.24, 2.45) is 0 Å². The van der Waals surface area contributed by atoms with Gasteiger partial charge in [0.2, 0.25) is 5.91 Å². The molecule has 2 aromatic heterocycles. The number of halogens is 1. The summed E-state index contributed by atoms with van der Waals surface area (Å²) in [6.07, 6.45) is 1.51. The first-order valence-electron chi connectivity index (χ1n) is 7.34. The Morgan fingerprint density at radius 3 is 2.62 bits per heavy atom. The first-order chi connectivity index (χ1) is 11.5. The van der Waals surface area contributed by atoms with Gasteiger partial charge in [0.05, 0.1) is 15.5 Å². The maximum atomic E-state index is 13.1. The van der Waals surface area contributed by atoms with Crippen LogP contribution in [0.1, 0.15) is 6.92 Å². The number of thiophene rings is 1. The fourth-order valence-corrected chi connectivity index (χ4v) is 4.49. The highest BCUT2D eigenvalue weighted by Gasteiger charge is 2.19. The number of carbonyl (C=O) groups is 1. The van der Waals surface area contributed by atoms with Crippen LogP contribution in [0.2, 0.25) is 0 Å². The van der Waals surface area contributed by atoms with Crippen molar-refractivity contribution in [1.29, 1.82) is 0 Å². The van der Waals surface area contributed by atoms with Gasteiger partial charge in [0.15, 0.2) is 0 Å². The fourth-order valence-electron chi connectivity index (χ4n) is 2.25. The smallest absolute Gasteiger partial charge is 0.235 e. The lowest BCUT2D eigenvalue weighted by Crippen LogP contribution is -2.29. The van der Waals surface area contributed by atoms with E-state index in [1.54, 1.807) is 42.5 Å². The topological polar surface area (TPSA) is 46.1 Å². The predicted octanol–water partition coefficient (Wildman–Crippen LogP) is 4.07. The summed E-state index contributed by atoms with van der Waals surface area (Å²) in [5.74, 6) is -0.214. The molecule has 2 heterocycles. The molecule has 4 nitrogen and oxygen atoms in total. The summed E-state index contributed by atoms with van der Waals surface area (Å²) in [4.78, 5) is 23.3. The molecular formula is C17H16FN3OS2. The zero-order chi connectivity index (χ0) is 17.3. The van der Waals surface area contributed by atoms with Crippen LogP contribution in [0.3, 0.4) is 0 Å². The third kappa shape index (κ3) is 3.42. The molecule has 0 aliphatic carbocycles. The van der Waals surface area contributed by atoms with E-state index >= 15 is 0 Å². The molecule has 1 amide bonds. The van der Waals surface area contributed by atoms with Gasteiger partial charge in [-0.1, -0.05) is 23.9 Å². The first-order valence-corrected chi connectivity index (χ1v) is 9.03. The van der Waals surface area contributed by atoms with Gasteiger partial charge in [-0.25, -0.2) is 14.4 Å². The molecule has 24 heavy (non-hydrogen) atoms. The monoisotopic (exact) mass is 361 g/mol. The van der Waals surface area contributed by atoms with Crippen LogP contribution >= 0.6 is 23.1 Å². The first kappa shape index (κ1) is 16.9. The van der Waals surface area contributed by atoms with Crippen molar-refractivity contribution >= 4 is 39.2 Å². The molecular weight excluding hydrogens is 345 g/mol. The van der Waals surface area contributed by atoms with Gasteiger partial charge < -0.3 is 4.90 Å². The summed E-state index contributed by atoms with van der Waals surface area (Å²) >= 11 is 2.98. The van der Waals surface area contributed by atoms with E-state index in [1.807, 2.05) is 13.0 Å². The number of benzene rings is 1. The van der Waals surface area contributed by atoms with Gasteiger partial charge in [-0.05, 0) is 30.7 Å². The minimum Gasteiger partial charge on any atom is -0.348 e. The summed E-state index contributed by atoms with van der Waals surface area (Å²) in [7, 11) is 3.49. The van der Waals surface area contributed by atoms with Crippen molar-refractivity contribution in [3.8, 4) is 10.4 Å². The zero-order valence-corrected chi connectivity index (χ0v) is 15.1. The Bertz CT molecular complexity index is 877. The number of aromatic nitrogens is 2. The third-order valence-electron chi connectivity index (χ3n) is 3.48. The molecule has 3 rings (SSSR count). The average molecular weight is 361 g/mol. The average Bonchev–Trinajstić information content (AvgIpc) is 2.99. The molecule has 124 valence electrons. The Morgan fingerprint density at radius 1 is 1.25 bits per heavy atom. The zero-order valence-electron chi connectivity index (χ0n) is 13.5. The summed E-state index contributed by atoms with van der Waals surface area (Å²) in [5.41, 5.74) is 1.77. The third-order valence-corrected chi connectivity index (χ3v) is 5.88. The lowest BCUT2D eigenvalue weighted by atomic mass is 10.2. The highest BCUT2D eigenvalue weighted by Crippen LogP contribution is 2.38. The summed E-state index contributed by atoms with van der Waals surface area (Å²) in [6, 6.07) is 8.35. The molecule has 0 radical (unpaired) electrons. The van der Waals surface area contributed by atoms with Gasteiger partial charge >= 0.3 is 0 Å². The number of carbonyl (C=O) groups excluding carboxylic acids is 1. The quantitative estimate of drug-likeness (QED) is 0.519. The lowest BCUT2D eigenvalue weighted by molar-refractivity contribution is -0.127. The molecule has 0 fully saturated rings. The predicted molar refractivity (Wildman–Crippen MR) is 96.8 cm³/mol. The van der Waals surface area contributed by atoms with Gasteiger partial charge in [-0.2, -0.15) is 0 Å². The van der Waals surface area contributed by atoms with Crippen molar-refractivity contribution in [2.45, 2.75) is 17.2 Å². The van der Waals surface area contributed by atoms with Crippen molar-refractivity contribution in [2.75, 3.05) is 14.1 Å². The molecule has 0 saturated carbocycles. The molecule has 0 N–H and O–H groups in total. The Kier molecular flexibility index (Phi) is 4.82. The van der Waals surface area contributed by atoms with E-state index in [4.69, 9.17) is 0 Å². The number of hydrogen-bond acceptors (Lipinski definition) is 5. The second kappa shape index (κ2) is 6.86. The number of fused-ring (bicyclic) bond motifs is 1. The van der Waals surface area contributed by atoms with Crippen molar-refractivity contribution in [1.82, 2.24) is 14.9 Å². The minimum atomic E-state index is -0.257. The number of thioether (sulfide) groups is 1. The molecule has 0 aliphatic heterocycles. The molecule has 0 bridgehead atoms. The van der Waals surface area contributed by atoms with Gasteiger partial charge in [-0.3, -0.25) is 4.79 Å². The maximum Gasteiger partial charge on any atom is 0.235 e. The Hall–Kier alpha value is -1.99. The van der Waals surface area contributed by atoms with Crippen LogP contribution in [-0.4, -0.2) is 40.1 Å². The van der Waals surface area contributed by atoms with E-state index in [0.717, 1.165) is 25.7 Å². The Balaban J connectivity index is 1.95. The SMILES string of the molecule is CC(Sc1ncnc2cc(-c3ccc(F)cc3)sc12)C(=O)N(C)C. The summed E-state index contributed by atoms with van der Waals surface area (Å²) in [6.45, 7) is 1.87. The largest absolute Gasteiger partial charge is 0.348 e. The highest BCUT2D eigenvalue weighted by molar-refractivity contribution is 8.00. The van der Waals surface area contributed by atoms with Crippen LogP contribution in [-0.2, 0) is 4.79 Å². The number of rotatable bonds is 4. The van der Waals surface area contributed by atoms with E-state index < -0.39 is 0 Å². The van der Waals surface area contributed by atoms with Crippen molar-refractivity contribution in [3.63, 3.8) is 0 Å². The molecule has 0 spiro atoms. The molecule has 1 unspecified atom stereocenters.